The molecule has 6 nitrogen and oxygen atoms in total. The van der Waals surface area contributed by atoms with Crippen molar-refractivity contribution < 1.29 is 19.1 Å². The zero-order valence-corrected chi connectivity index (χ0v) is 17.4. The summed E-state index contributed by atoms with van der Waals surface area (Å²) in [6.45, 7) is 4.59. The Bertz CT molecular complexity index is 779. The lowest BCUT2D eigenvalue weighted by molar-refractivity contribution is -0.141. The predicted molar refractivity (Wildman–Crippen MR) is 113 cm³/mol. The number of carbonyl (C=O) groups excluding carboxylic acids is 2. The molecule has 0 aromatic heterocycles. The van der Waals surface area contributed by atoms with E-state index in [0.29, 0.717) is 31.0 Å². The van der Waals surface area contributed by atoms with Gasteiger partial charge >= 0.3 is 0 Å². The molecule has 0 heterocycles. The fourth-order valence-corrected chi connectivity index (χ4v) is 2.93. The van der Waals surface area contributed by atoms with Crippen LogP contribution >= 0.6 is 0 Å². The first-order valence-corrected chi connectivity index (χ1v) is 9.93. The summed E-state index contributed by atoms with van der Waals surface area (Å²) in [5, 5.41) is 2.86. The van der Waals surface area contributed by atoms with Gasteiger partial charge in [-0.25, -0.2) is 0 Å². The first kappa shape index (κ1) is 22.3. The van der Waals surface area contributed by atoms with Crippen molar-refractivity contribution in [2.45, 2.75) is 32.7 Å². The van der Waals surface area contributed by atoms with Gasteiger partial charge in [-0.1, -0.05) is 49.4 Å². The van der Waals surface area contributed by atoms with E-state index in [2.05, 4.69) is 5.32 Å². The number of nitrogens with one attached hydrogen (secondary N) is 1. The second-order valence-corrected chi connectivity index (χ2v) is 6.73. The molecule has 0 saturated carbocycles. The summed E-state index contributed by atoms with van der Waals surface area (Å²) >= 11 is 0. The SMILES string of the molecule is CCCNC(=O)C(C)N(CCc1ccccc1)C(=O)COc1ccccc1OC. The minimum atomic E-state index is -0.584. The van der Waals surface area contributed by atoms with Crippen molar-refractivity contribution in [3.05, 3.63) is 60.2 Å². The van der Waals surface area contributed by atoms with E-state index in [1.165, 1.54) is 0 Å². The van der Waals surface area contributed by atoms with Gasteiger partial charge in [0.1, 0.15) is 6.04 Å². The van der Waals surface area contributed by atoms with Gasteiger partial charge in [-0.2, -0.15) is 0 Å². The number of hydrogen-bond donors (Lipinski definition) is 1. The maximum Gasteiger partial charge on any atom is 0.261 e. The van der Waals surface area contributed by atoms with Gasteiger partial charge in [0.25, 0.3) is 5.91 Å². The van der Waals surface area contributed by atoms with Gasteiger partial charge in [-0.3, -0.25) is 9.59 Å². The Morgan fingerprint density at radius 3 is 2.34 bits per heavy atom. The summed E-state index contributed by atoms with van der Waals surface area (Å²) in [4.78, 5) is 27.0. The van der Waals surface area contributed by atoms with Gasteiger partial charge in [-0.05, 0) is 37.5 Å². The molecule has 6 heteroatoms. The second kappa shape index (κ2) is 11.7. The molecule has 2 rings (SSSR count). The minimum Gasteiger partial charge on any atom is -0.493 e. The molecule has 0 radical (unpaired) electrons. The van der Waals surface area contributed by atoms with E-state index >= 15 is 0 Å². The molecule has 0 fully saturated rings. The van der Waals surface area contributed by atoms with Crippen LogP contribution in [0.15, 0.2) is 54.6 Å². The van der Waals surface area contributed by atoms with Crippen molar-refractivity contribution in [3.8, 4) is 11.5 Å². The highest BCUT2D eigenvalue weighted by atomic mass is 16.5. The highest BCUT2D eigenvalue weighted by Gasteiger charge is 2.26. The average molecular weight is 399 g/mol. The number of ether oxygens (including phenoxy) is 2. The van der Waals surface area contributed by atoms with E-state index in [-0.39, 0.29) is 18.4 Å². The van der Waals surface area contributed by atoms with Gasteiger partial charge in [0, 0.05) is 13.1 Å². The van der Waals surface area contributed by atoms with Crippen LogP contribution in [0.2, 0.25) is 0 Å². The van der Waals surface area contributed by atoms with Gasteiger partial charge in [0.2, 0.25) is 5.91 Å². The molecule has 0 spiro atoms. The molecule has 2 aromatic carbocycles. The van der Waals surface area contributed by atoms with Crippen LogP contribution in [0.3, 0.4) is 0 Å². The van der Waals surface area contributed by atoms with Crippen molar-refractivity contribution in [1.82, 2.24) is 10.2 Å². The van der Waals surface area contributed by atoms with Crippen LogP contribution < -0.4 is 14.8 Å². The molecule has 0 bridgehead atoms. The summed E-state index contributed by atoms with van der Waals surface area (Å²) in [6, 6.07) is 16.5. The number of benzene rings is 2. The lowest BCUT2D eigenvalue weighted by Crippen LogP contribution is -2.50. The number of rotatable bonds is 11. The number of para-hydroxylation sites is 2. The van der Waals surface area contributed by atoms with Crippen LogP contribution in [0.4, 0.5) is 0 Å². The molecular weight excluding hydrogens is 368 g/mol. The van der Waals surface area contributed by atoms with Gasteiger partial charge in [-0.15, -0.1) is 0 Å². The molecule has 0 aliphatic carbocycles. The van der Waals surface area contributed by atoms with Crippen LogP contribution in [-0.4, -0.2) is 49.6 Å². The fourth-order valence-electron chi connectivity index (χ4n) is 2.93. The topological polar surface area (TPSA) is 67.9 Å². The zero-order chi connectivity index (χ0) is 21.1. The molecule has 156 valence electrons. The Morgan fingerprint density at radius 1 is 1.03 bits per heavy atom. The molecule has 1 atom stereocenters. The van der Waals surface area contributed by atoms with Crippen LogP contribution in [0.1, 0.15) is 25.8 Å². The van der Waals surface area contributed by atoms with Crippen molar-refractivity contribution in [3.63, 3.8) is 0 Å². The van der Waals surface area contributed by atoms with Crippen LogP contribution in [-0.2, 0) is 16.0 Å². The van der Waals surface area contributed by atoms with E-state index in [9.17, 15) is 9.59 Å². The maximum atomic E-state index is 12.9. The number of hydrogen-bond acceptors (Lipinski definition) is 4. The van der Waals surface area contributed by atoms with E-state index in [4.69, 9.17) is 9.47 Å². The number of amides is 2. The maximum absolute atomic E-state index is 12.9. The van der Waals surface area contributed by atoms with E-state index in [1.54, 1.807) is 31.1 Å². The Morgan fingerprint density at radius 2 is 1.69 bits per heavy atom. The molecule has 0 aliphatic rings. The third-order valence-corrected chi connectivity index (χ3v) is 4.62. The zero-order valence-electron chi connectivity index (χ0n) is 17.4. The normalized spacial score (nSPS) is 11.4. The first-order chi connectivity index (χ1) is 14.1. The third kappa shape index (κ3) is 6.82. The van der Waals surface area contributed by atoms with E-state index in [1.807, 2.05) is 49.4 Å². The standard InChI is InChI=1S/C23H30N2O4/c1-4-15-24-23(27)18(2)25(16-14-19-10-6-5-7-11-19)22(26)17-29-21-13-9-8-12-20(21)28-3/h5-13,18H,4,14-17H2,1-3H3,(H,24,27). The summed E-state index contributed by atoms with van der Waals surface area (Å²) in [7, 11) is 1.55. The summed E-state index contributed by atoms with van der Waals surface area (Å²) in [6.07, 6.45) is 1.50. The van der Waals surface area contributed by atoms with Crippen molar-refractivity contribution in [1.29, 1.82) is 0 Å². The summed E-state index contributed by atoms with van der Waals surface area (Å²) in [5.74, 6) is 0.649. The first-order valence-electron chi connectivity index (χ1n) is 9.93. The highest BCUT2D eigenvalue weighted by molar-refractivity contribution is 5.88. The molecule has 1 unspecified atom stereocenters. The third-order valence-electron chi connectivity index (χ3n) is 4.62. The van der Waals surface area contributed by atoms with Gasteiger partial charge < -0.3 is 19.7 Å². The van der Waals surface area contributed by atoms with Gasteiger partial charge in [0.05, 0.1) is 7.11 Å². The molecule has 2 amide bonds. The van der Waals surface area contributed by atoms with Crippen molar-refractivity contribution >= 4 is 11.8 Å². The Hall–Kier alpha value is -3.02. The summed E-state index contributed by atoms with van der Waals surface area (Å²) in [5.41, 5.74) is 1.11. The quantitative estimate of drug-likeness (QED) is 0.632. The number of methoxy groups -OCH3 is 1. The number of carbonyl (C=O) groups is 2. The summed E-state index contributed by atoms with van der Waals surface area (Å²) < 4.78 is 10.9. The molecule has 29 heavy (non-hydrogen) atoms. The molecule has 0 saturated heterocycles. The van der Waals surface area contributed by atoms with Crippen molar-refractivity contribution in [2.24, 2.45) is 0 Å². The highest BCUT2D eigenvalue weighted by Crippen LogP contribution is 2.25. The lowest BCUT2D eigenvalue weighted by Gasteiger charge is -2.28. The predicted octanol–water partition coefficient (Wildman–Crippen LogP) is 3.06. The molecular formula is C23H30N2O4. The van der Waals surface area contributed by atoms with Crippen molar-refractivity contribution in [2.75, 3.05) is 26.8 Å². The van der Waals surface area contributed by atoms with E-state index in [0.717, 1.165) is 12.0 Å². The average Bonchev–Trinajstić information content (AvgIpc) is 2.76. The molecule has 1 N–H and O–H groups in total. The van der Waals surface area contributed by atoms with Crippen LogP contribution in [0.25, 0.3) is 0 Å². The largest absolute Gasteiger partial charge is 0.493 e. The number of nitrogens with zero attached hydrogens (tertiary/aromatic N) is 1. The Labute approximate surface area is 172 Å². The monoisotopic (exact) mass is 398 g/mol. The second-order valence-electron chi connectivity index (χ2n) is 6.73. The Kier molecular flexibility index (Phi) is 9.02. The van der Waals surface area contributed by atoms with Gasteiger partial charge in [0.15, 0.2) is 18.1 Å². The molecule has 0 aliphatic heterocycles. The smallest absolute Gasteiger partial charge is 0.261 e. The Balaban J connectivity index is 2.07. The fraction of sp³-hybridized carbons (Fsp3) is 0.391. The van der Waals surface area contributed by atoms with Crippen LogP contribution in [0, 0.1) is 0 Å². The van der Waals surface area contributed by atoms with E-state index < -0.39 is 6.04 Å². The van der Waals surface area contributed by atoms with Crippen LogP contribution in [0.5, 0.6) is 11.5 Å². The minimum absolute atomic E-state index is 0.162. The molecule has 2 aromatic rings. The lowest BCUT2D eigenvalue weighted by atomic mass is 10.1.